The second-order valence-electron chi connectivity index (χ2n) is 8.48. The van der Waals surface area contributed by atoms with E-state index in [0.717, 1.165) is 39.4 Å². The minimum absolute atomic E-state index is 0.0551. The molecule has 1 amide bonds. The van der Waals surface area contributed by atoms with Gasteiger partial charge in [-0.15, -0.1) is 0 Å². The van der Waals surface area contributed by atoms with E-state index in [1.54, 1.807) is 7.11 Å². The van der Waals surface area contributed by atoms with Crippen molar-refractivity contribution in [2.24, 2.45) is 0 Å². The summed E-state index contributed by atoms with van der Waals surface area (Å²) < 4.78 is 7.17. The Bertz CT molecular complexity index is 1370. The van der Waals surface area contributed by atoms with Crippen LogP contribution in [0.4, 0.5) is 0 Å². The summed E-state index contributed by atoms with van der Waals surface area (Å²) in [5.74, 6) is 0.325. The van der Waals surface area contributed by atoms with Crippen molar-refractivity contribution >= 4 is 5.91 Å². The van der Waals surface area contributed by atoms with Crippen LogP contribution in [0.25, 0.3) is 16.9 Å². The molecule has 0 aliphatic rings. The van der Waals surface area contributed by atoms with Crippen LogP contribution >= 0.6 is 0 Å². The molecule has 0 unspecified atom stereocenters. The predicted molar refractivity (Wildman–Crippen MR) is 142 cm³/mol. The molecule has 178 valence electrons. The number of benzene rings is 4. The molecule has 5 rings (SSSR count). The maximum absolute atomic E-state index is 13.6. The number of carbonyl (C=O) groups is 1. The van der Waals surface area contributed by atoms with E-state index in [-0.39, 0.29) is 5.91 Å². The first kappa shape index (κ1) is 23.1. The lowest BCUT2D eigenvalue weighted by Crippen LogP contribution is -2.29. The molecule has 0 saturated heterocycles. The zero-order valence-electron chi connectivity index (χ0n) is 20.0. The number of hydrogen-bond donors (Lipinski definition) is 1. The van der Waals surface area contributed by atoms with E-state index in [4.69, 9.17) is 9.84 Å². The Morgan fingerprint density at radius 3 is 1.92 bits per heavy atom. The van der Waals surface area contributed by atoms with Crippen molar-refractivity contribution < 1.29 is 9.53 Å². The Morgan fingerprint density at radius 1 is 0.806 bits per heavy atom. The van der Waals surface area contributed by atoms with E-state index in [1.807, 2.05) is 126 Å². The summed E-state index contributed by atoms with van der Waals surface area (Å²) in [6, 6.07) is 37.5. The van der Waals surface area contributed by atoms with Crippen LogP contribution in [-0.4, -0.2) is 22.8 Å². The van der Waals surface area contributed by atoms with Crippen molar-refractivity contribution in [3.8, 4) is 22.7 Å². The Hall–Kier alpha value is -4.64. The fourth-order valence-electron chi connectivity index (χ4n) is 4.31. The third kappa shape index (κ3) is 5.05. The zero-order chi connectivity index (χ0) is 24.7. The molecular weight excluding hydrogens is 446 g/mol. The first-order chi connectivity index (χ1) is 17.7. The van der Waals surface area contributed by atoms with Gasteiger partial charge in [0.15, 0.2) is 0 Å². The number of amides is 1. The highest BCUT2D eigenvalue weighted by Gasteiger charge is 2.23. The molecule has 1 aromatic heterocycles. The summed E-state index contributed by atoms with van der Waals surface area (Å²) >= 11 is 0. The van der Waals surface area contributed by atoms with Crippen LogP contribution < -0.4 is 10.1 Å². The van der Waals surface area contributed by atoms with Gasteiger partial charge in [-0.3, -0.25) is 4.79 Å². The van der Waals surface area contributed by atoms with Crippen molar-refractivity contribution in [2.45, 2.75) is 12.5 Å². The van der Waals surface area contributed by atoms with Gasteiger partial charge in [0.25, 0.3) is 0 Å². The lowest BCUT2D eigenvalue weighted by molar-refractivity contribution is -0.121. The van der Waals surface area contributed by atoms with Crippen LogP contribution in [0.2, 0.25) is 0 Å². The molecule has 1 heterocycles. The lowest BCUT2D eigenvalue weighted by Gasteiger charge is -2.18. The standard InChI is InChI=1S/C31H27N3O2/c1-36-28-19-17-25(18-20-28)30-26(22-34(33-30)27-15-9-4-10-16-27)21-32-31(35)29(23-11-5-2-6-12-23)24-13-7-3-8-14-24/h2-20,22,29H,21H2,1H3,(H,32,35). The van der Waals surface area contributed by atoms with Gasteiger partial charge in [-0.2, -0.15) is 5.10 Å². The largest absolute Gasteiger partial charge is 0.497 e. The minimum atomic E-state index is -0.402. The van der Waals surface area contributed by atoms with Gasteiger partial charge < -0.3 is 10.1 Å². The van der Waals surface area contributed by atoms with E-state index in [2.05, 4.69) is 5.32 Å². The van der Waals surface area contributed by atoms with Gasteiger partial charge in [-0.25, -0.2) is 4.68 Å². The number of ether oxygens (including phenoxy) is 1. The molecule has 0 spiro atoms. The minimum Gasteiger partial charge on any atom is -0.497 e. The summed E-state index contributed by atoms with van der Waals surface area (Å²) in [5, 5.41) is 8.05. The molecule has 4 aromatic carbocycles. The molecule has 5 heteroatoms. The summed E-state index contributed by atoms with van der Waals surface area (Å²) in [6.45, 7) is 0.350. The first-order valence-electron chi connectivity index (χ1n) is 11.9. The molecule has 0 atom stereocenters. The highest BCUT2D eigenvalue weighted by atomic mass is 16.5. The highest BCUT2D eigenvalue weighted by molar-refractivity contribution is 5.87. The molecular formula is C31H27N3O2. The molecule has 5 aromatic rings. The van der Waals surface area contributed by atoms with Gasteiger partial charge in [-0.1, -0.05) is 78.9 Å². The second-order valence-corrected chi connectivity index (χ2v) is 8.48. The van der Waals surface area contributed by atoms with Crippen LogP contribution in [0, 0.1) is 0 Å². The summed E-state index contributed by atoms with van der Waals surface area (Å²) in [7, 11) is 1.65. The van der Waals surface area contributed by atoms with Crippen molar-refractivity contribution in [3.63, 3.8) is 0 Å². The van der Waals surface area contributed by atoms with Gasteiger partial charge in [0.2, 0.25) is 5.91 Å². The maximum Gasteiger partial charge on any atom is 0.232 e. The maximum atomic E-state index is 13.6. The van der Waals surface area contributed by atoms with Crippen LogP contribution in [0.5, 0.6) is 5.75 Å². The molecule has 0 saturated carbocycles. The number of para-hydroxylation sites is 1. The Labute approximate surface area is 211 Å². The van der Waals surface area contributed by atoms with Gasteiger partial charge in [-0.05, 0) is 47.5 Å². The van der Waals surface area contributed by atoms with Crippen molar-refractivity contribution in [1.82, 2.24) is 15.1 Å². The second kappa shape index (κ2) is 10.7. The SMILES string of the molecule is COc1ccc(-c2nn(-c3ccccc3)cc2CNC(=O)C(c2ccccc2)c2ccccc2)cc1. The fourth-order valence-corrected chi connectivity index (χ4v) is 4.31. The zero-order valence-corrected chi connectivity index (χ0v) is 20.0. The number of methoxy groups -OCH3 is 1. The quantitative estimate of drug-likeness (QED) is 0.301. The van der Waals surface area contributed by atoms with Crippen LogP contribution in [0.1, 0.15) is 22.6 Å². The summed E-state index contributed by atoms with van der Waals surface area (Å²) in [5.41, 5.74) is 5.57. The van der Waals surface area contributed by atoms with E-state index >= 15 is 0 Å². The average Bonchev–Trinajstić information content (AvgIpc) is 3.38. The molecule has 1 N–H and O–H groups in total. The molecule has 0 radical (unpaired) electrons. The number of nitrogens with zero attached hydrogens (tertiary/aromatic N) is 2. The van der Waals surface area contributed by atoms with E-state index in [0.29, 0.717) is 6.54 Å². The molecule has 0 aliphatic carbocycles. The van der Waals surface area contributed by atoms with Crippen LogP contribution in [0.3, 0.4) is 0 Å². The first-order valence-corrected chi connectivity index (χ1v) is 11.9. The predicted octanol–water partition coefficient (Wildman–Crippen LogP) is 6.00. The van der Waals surface area contributed by atoms with E-state index in [1.165, 1.54) is 0 Å². The van der Waals surface area contributed by atoms with Crippen molar-refractivity contribution in [1.29, 1.82) is 0 Å². The average molecular weight is 474 g/mol. The Balaban J connectivity index is 1.46. The van der Waals surface area contributed by atoms with Gasteiger partial charge >= 0.3 is 0 Å². The normalized spacial score (nSPS) is 10.8. The molecule has 0 bridgehead atoms. The molecule has 0 fully saturated rings. The smallest absolute Gasteiger partial charge is 0.232 e. The van der Waals surface area contributed by atoms with Crippen LogP contribution in [0.15, 0.2) is 121 Å². The van der Waals surface area contributed by atoms with Crippen LogP contribution in [-0.2, 0) is 11.3 Å². The Kier molecular flexibility index (Phi) is 6.90. The summed E-state index contributed by atoms with van der Waals surface area (Å²) in [4.78, 5) is 13.6. The van der Waals surface area contributed by atoms with Gasteiger partial charge in [0, 0.05) is 23.9 Å². The van der Waals surface area contributed by atoms with Crippen molar-refractivity contribution in [3.05, 3.63) is 138 Å². The van der Waals surface area contributed by atoms with E-state index < -0.39 is 5.92 Å². The van der Waals surface area contributed by atoms with Gasteiger partial charge in [0.1, 0.15) is 5.75 Å². The number of aromatic nitrogens is 2. The third-order valence-electron chi connectivity index (χ3n) is 6.16. The topological polar surface area (TPSA) is 56.1 Å². The lowest BCUT2D eigenvalue weighted by atomic mass is 9.90. The summed E-state index contributed by atoms with van der Waals surface area (Å²) in [6.07, 6.45) is 1.98. The van der Waals surface area contributed by atoms with E-state index in [9.17, 15) is 4.79 Å². The number of carbonyl (C=O) groups excluding carboxylic acids is 1. The van der Waals surface area contributed by atoms with Crippen molar-refractivity contribution in [2.75, 3.05) is 7.11 Å². The molecule has 36 heavy (non-hydrogen) atoms. The number of hydrogen-bond acceptors (Lipinski definition) is 3. The highest BCUT2D eigenvalue weighted by Crippen LogP contribution is 2.28. The Morgan fingerprint density at radius 2 is 1.36 bits per heavy atom. The molecule has 0 aliphatic heterocycles. The number of rotatable bonds is 8. The third-order valence-corrected chi connectivity index (χ3v) is 6.16. The fraction of sp³-hybridized carbons (Fsp3) is 0.0968. The number of nitrogens with one attached hydrogen (secondary N) is 1. The van der Waals surface area contributed by atoms with Gasteiger partial charge in [0.05, 0.1) is 24.4 Å². The molecule has 5 nitrogen and oxygen atoms in total. The monoisotopic (exact) mass is 473 g/mol.